The molecular weight excluding hydrogens is 487 g/mol. The third kappa shape index (κ3) is 6.04. The minimum absolute atomic E-state index is 0.383. The van der Waals surface area contributed by atoms with Crippen LogP contribution in [-0.4, -0.2) is 50.5 Å². The number of aromatic nitrogens is 1. The summed E-state index contributed by atoms with van der Waals surface area (Å²) in [5.41, 5.74) is 1.75. The number of nitrogens with zero attached hydrogens (tertiary/aromatic N) is 4. The van der Waals surface area contributed by atoms with Gasteiger partial charge in [-0.3, -0.25) is 0 Å². The fourth-order valence-electron chi connectivity index (χ4n) is 8.40. The van der Waals surface area contributed by atoms with Gasteiger partial charge in [0, 0.05) is 46.1 Å². The van der Waals surface area contributed by atoms with Crippen molar-refractivity contribution in [2.75, 3.05) is 28.6 Å². The summed E-state index contributed by atoms with van der Waals surface area (Å²) in [6.45, 7) is 7.98. The average molecular weight is 547 g/mol. The van der Waals surface area contributed by atoms with Crippen molar-refractivity contribution in [1.82, 2.24) is 4.00 Å². The summed E-state index contributed by atoms with van der Waals surface area (Å²) in [7, 11) is 2.83. The Balaban J connectivity index is 1.63. The van der Waals surface area contributed by atoms with Crippen molar-refractivity contribution in [2.45, 2.75) is 172 Å². The zero-order valence-electron chi connectivity index (χ0n) is 25.2. The molecule has 4 aliphatic rings. The van der Waals surface area contributed by atoms with E-state index in [2.05, 4.69) is 52.2 Å². The maximum absolute atomic E-state index is 3.21. The summed E-state index contributed by atoms with van der Waals surface area (Å²) >= 11 is 0. The third-order valence-corrected chi connectivity index (χ3v) is 16.6. The summed E-state index contributed by atoms with van der Waals surface area (Å²) in [6.07, 6.45) is 28.9. The van der Waals surface area contributed by atoms with E-state index in [1.807, 2.05) is 0 Å². The first-order valence-corrected chi connectivity index (χ1v) is 21.2. The Labute approximate surface area is 231 Å². The van der Waals surface area contributed by atoms with Crippen LogP contribution in [0.4, 0.5) is 11.2 Å². The van der Waals surface area contributed by atoms with Gasteiger partial charge in [-0.05, 0) is 51.4 Å². The van der Waals surface area contributed by atoms with Crippen LogP contribution in [0.25, 0.3) is 0 Å². The minimum atomic E-state index is -1.57. The van der Waals surface area contributed by atoms with Gasteiger partial charge in [0.05, 0.1) is 0 Å². The highest BCUT2D eigenvalue weighted by molar-refractivity contribution is 7.55. The van der Waals surface area contributed by atoms with Crippen LogP contribution in [0.15, 0.2) is 0 Å². The Morgan fingerprint density at radius 3 is 1.24 bits per heavy atom. The van der Waals surface area contributed by atoms with Gasteiger partial charge in [0.25, 0.3) is 0 Å². The summed E-state index contributed by atoms with van der Waals surface area (Å²) in [4.78, 5) is 5.71. The van der Waals surface area contributed by atoms with Gasteiger partial charge in [0.15, 0.2) is 8.24 Å². The smallest absolute Gasteiger partial charge is 0.160 e. The highest BCUT2D eigenvalue weighted by atomic mass is 31.1. The molecule has 6 heteroatoms. The van der Waals surface area contributed by atoms with Crippen LogP contribution in [0, 0.1) is 0 Å². The molecule has 1 atom stereocenters. The Bertz CT molecular complexity index is 739. The predicted molar refractivity (Wildman–Crippen MR) is 168 cm³/mol. The molecule has 0 amide bonds. The quantitative estimate of drug-likeness (QED) is 0.302. The first-order chi connectivity index (χ1) is 17.9. The van der Waals surface area contributed by atoms with Crippen LogP contribution in [0.3, 0.4) is 0 Å². The van der Waals surface area contributed by atoms with Gasteiger partial charge in [0.2, 0.25) is 0 Å². The van der Waals surface area contributed by atoms with Gasteiger partial charge in [0.1, 0.15) is 11.2 Å². The molecule has 212 valence electrons. The summed E-state index contributed by atoms with van der Waals surface area (Å²) < 4.78 is 6.37. The largest absolute Gasteiger partial charge is 0.369 e. The van der Waals surface area contributed by atoms with Crippen LogP contribution in [0.1, 0.15) is 128 Å². The number of rotatable bonds is 8. The number of anilines is 2. The molecule has 1 heterocycles. The zero-order valence-corrected chi connectivity index (χ0v) is 27.1. The van der Waals surface area contributed by atoms with Crippen LogP contribution < -0.4 is 14.5 Å². The zero-order chi connectivity index (χ0) is 26.0. The molecule has 0 spiro atoms. The lowest BCUT2D eigenvalue weighted by Crippen LogP contribution is -2.53. The summed E-state index contributed by atoms with van der Waals surface area (Å²) in [6, 6.07) is 3.18. The van der Waals surface area contributed by atoms with Gasteiger partial charge in [-0.2, -0.15) is 0 Å². The summed E-state index contributed by atoms with van der Waals surface area (Å²) in [5, 5.41) is 0. The molecule has 1 unspecified atom stereocenters. The molecule has 0 aromatic carbocycles. The minimum Gasteiger partial charge on any atom is -0.369 e. The lowest BCUT2D eigenvalue weighted by molar-refractivity contribution is 0.336. The van der Waals surface area contributed by atoms with Crippen molar-refractivity contribution in [2.24, 2.45) is 0 Å². The SMILES string of the molecule is CN(C)c1c(N(C2CCCCC2)C2CCCCC2)n([Si](C)(C)C)p1N(C1CCCCC1)C1CCCCC1. The molecule has 37 heavy (non-hydrogen) atoms. The van der Waals surface area contributed by atoms with Gasteiger partial charge in [-0.25, -0.2) is 4.67 Å². The molecule has 1 aromatic heterocycles. The fourth-order valence-corrected chi connectivity index (χ4v) is 14.9. The van der Waals surface area contributed by atoms with Crippen LogP contribution in [0.5, 0.6) is 0 Å². The predicted octanol–water partition coefficient (Wildman–Crippen LogP) is 9.30. The van der Waals surface area contributed by atoms with Gasteiger partial charge in [-0.15, -0.1) is 0 Å². The first-order valence-electron chi connectivity index (χ1n) is 16.5. The monoisotopic (exact) mass is 546 g/mol. The van der Waals surface area contributed by atoms with E-state index in [0.717, 1.165) is 24.2 Å². The Hall–Kier alpha value is -0.383. The molecule has 4 fully saturated rings. The molecule has 5 rings (SSSR count). The molecule has 0 radical (unpaired) electrons. The van der Waals surface area contributed by atoms with E-state index >= 15 is 0 Å². The third-order valence-electron chi connectivity index (χ3n) is 10.1. The van der Waals surface area contributed by atoms with E-state index in [-0.39, 0.29) is 7.84 Å². The van der Waals surface area contributed by atoms with Crippen molar-refractivity contribution in [3.05, 3.63) is 0 Å². The van der Waals surface area contributed by atoms with E-state index in [4.69, 9.17) is 0 Å². The van der Waals surface area contributed by atoms with E-state index < -0.39 is 8.24 Å². The van der Waals surface area contributed by atoms with Crippen molar-refractivity contribution < 1.29 is 0 Å². The highest BCUT2D eigenvalue weighted by Crippen LogP contribution is 2.61. The van der Waals surface area contributed by atoms with Crippen molar-refractivity contribution in [3.63, 3.8) is 0 Å². The normalized spacial score (nSPS) is 24.6. The molecule has 4 saturated carbocycles. The Kier molecular flexibility index (Phi) is 9.45. The molecule has 0 bridgehead atoms. The fraction of sp³-hybridized carbons (Fsp3) is 0.935. The molecule has 4 nitrogen and oxygen atoms in total. The average Bonchev–Trinajstić information content (AvgIpc) is 2.89. The lowest BCUT2D eigenvalue weighted by atomic mass is 9.88. The maximum Gasteiger partial charge on any atom is 0.160 e. The molecule has 4 aliphatic carbocycles. The molecule has 0 aliphatic heterocycles. The van der Waals surface area contributed by atoms with E-state index in [0.29, 0.717) is 0 Å². The lowest BCUT2D eigenvalue weighted by Gasteiger charge is -2.54. The van der Waals surface area contributed by atoms with E-state index in [1.165, 1.54) is 128 Å². The number of hydrogen-bond acceptors (Lipinski definition) is 3. The van der Waals surface area contributed by atoms with E-state index in [9.17, 15) is 0 Å². The number of hydrogen-bond donors (Lipinski definition) is 0. The Morgan fingerprint density at radius 2 is 0.919 bits per heavy atom. The topological polar surface area (TPSA) is 14.7 Å². The van der Waals surface area contributed by atoms with Gasteiger partial charge in [-0.1, -0.05) is 96.7 Å². The van der Waals surface area contributed by atoms with Gasteiger partial charge < -0.3 is 13.8 Å². The molecule has 0 saturated heterocycles. The maximum atomic E-state index is 3.21. The molecular formula is C31H59N4PSi. The molecule has 0 N–H and O–H groups in total. The van der Waals surface area contributed by atoms with Crippen molar-refractivity contribution in [1.29, 1.82) is 0 Å². The highest BCUT2D eigenvalue weighted by Gasteiger charge is 2.44. The van der Waals surface area contributed by atoms with Crippen LogP contribution in [0.2, 0.25) is 19.6 Å². The van der Waals surface area contributed by atoms with Crippen molar-refractivity contribution in [3.8, 4) is 0 Å². The van der Waals surface area contributed by atoms with Gasteiger partial charge >= 0.3 is 0 Å². The van der Waals surface area contributed by atoms with Crippen LogP contribution in [-0.2, 0) is 0 Å². The first kappa shape index (κ1) is 28.2. The molecule has 1 aromatic rings. The second-order valence-electron chi connectivity index (χ2n) is 14.3. The second kappa shape index (κ2) is 12.4. The standard InChI is InChI=1S/C31H59N4PSi/c1-32(2)31-30(33(26-18-10-6-11-19-26)27-20-12-7-13-21-27)35(37(3,4)5)36(31)34(28-22-14-8-15-23-28)29-24-16-9-17-25-29/h26-29H,6-25H2,1-5H3. The summed E-state index contributed by atoms with van der Waals surface area (Å²) in [5.74, 6) is 1.73. The second-order valence-corrected chi connectivity index (χ2v) is 21.3. The van der Waals surface area contributed by atoms with E-state index in [1.54, 1.807) is 11.2 Å². The van der Waals surface area contributed by atoms with Crippen LogP contribution >= 0.6 is 7.84 Å². The Morgan fingerprint density at radius 1 is 0.568 bits per heavy atom. The van der Waals surface area contributed by atoms with Crippen molar-refractivity contribution >= 4 is 27.3 Å².